The minimum atomic E-state index is -0.176. The first-order chi connectivity index (χ1) is 13.1. The van der Waals surface area contributed by atoms with Crippen LogP contribution in [0.25, 0.3) is 0 Å². The molecule has 0 spiro atoms. The number of carbonyl (C=O) groups is 2. The molecule has 5 nitrogen and oxygen atoms in total. The number of piperidine rings is 1. The molecule has 5 heteroatoms. The molecule has 2 amide bonds. The van der Waals surface area contributed by atoms with E-state index in [1.807, 2.05) is 35.2 Å². The maximum atomic E-state index is 12.8. The van der Waals surface area contributed by atoms with Gasteiger partial charge in [-0.2, -0.15) is 0 Å². The topological polar surface area (TPSA) is 58.6 Å². The normalized spacial score (nSPS) is 15.9. The Morgan fingerprint density at radius 1 is 1.04 bits per heavy atom. The molecular weight excluding hydrogens is 340 g/mol. The molecule has 0 atom stereocenters. The maximum absolute atomic E-state index is 12.8. The Hall–Kier alpha value is -2.82. The van der Waals surface area contributed by atoms with Crippen LogP contribution in [0, 0.1) is 0 Å². The van der Waals surface area contributed by atoms with Crippen molar-refractivity contribution in [1.82, 2.24) is 10.2 Å². The first kappa shape index (κ1) is 19.0. The predicted octanol–water partition coefficient (Wildman–Crippen LogP) is 3.01. The summed E-state index contributed by atoms with van der Waals surface area (Å²) >= 11 is 0. The van der Waals surface area contributed by atoms with Gasteiger partial charge < -0.3 is 15.0 Å². The highest BCUT2D eigenvalue weighted by Crippen LogP contribution is 2.35. The molecule has 1 aliphatic heterocycles. The molecule has 0 saturated carbocycles. The average Bonchev–Trinajstić information content (AvgIpc) is 2.72. The summed E-state index contributed by atoms with van der Waals surface area (Å²) in [7, 11) is 1.56. The summed E-state index contributed by atoms with van der Waals surface area (Å²) < 4.78 is 5.30. The Balaban J connectivity index is 1.79. The van der Waals surface area contributed by atoms with E-state index in [4.69, 9.17) is 4.74 Å². The summed E-state index contributed by atoms with van der Waals surface area (Å²) in [6, 6.07) is 17.5. The van der Waals surface area contributed by atoms with Crippen LogP contribution in [0.5, 0.6) is 5.75 Å². The van der Waals surface area contributed by atoms with E-state index in [1.165, 1.54) is 5.56 Å². The number of carbonyl (C=O) groups excluding carboxylic acids is 2. The van der Waals surface area contributed by atoms with Gasteiger partial charge in [0, 0.05) is 32.0 Å². The van der Waals surface area contributed by atoms with Gasteiger partial charge in [-0.05, 0) is 30.5 Å². The van der Waals surface area contributed by atoms with Crippen LogP contribution in [0.1, 0.15) is 35.7 Å². The number of likely N-dealkylation sites (tertiary alicyclic amines) is 1. The van der Waals surface area contributed by atoms with Crippen LogP contribution >= 0.6 is 0 Å². The first-order valence-corrected chi connectivity index (χ1v) is 9.28. The average molecular weight is 366 g/mol. The lowest BCUT2D eigenvalue weighted by molar-refractivity contribution is -0.130. The second-order valence-corrected chi connectivity index (χ2v) is 7.04. The van der Waals surface area contributed by atoms with Crippen LogP contribution in [0.2, 0.25) is 0 Å². The third-order valence-electron chi connectivity index (χ3n) is 5.49. The van der Waals surface area contributed by atoms with Crippen LogP contribution < -0.4 is 10.1 Å². The largest absolute Gasteiger partial charge is 0.496 e. The molecule has 1 N–H and O–H groups in total. The number of nitrogens with one attached hydrogen (secondary N) is 1. The van der Waals surface area contributed by atoms with Gasteiger partial charge in [0.25, 0.3) is 5.91 Å². The summed E-state index contributed by atoms with van der Waals surface area (Å²) in [5.74, 6) is 0.529. The molecule has 2 aromatic rings. The SMILES string of the molecule is COc1ccccc1C(=O)NCC1(c2ccccc2)CCN(C(C)=O)CC1. The van der Waals surface area contributed by atoms with Gasteiger partial charge in [-0.3, -0.25) is 9.59 Å². The maximum Gasteiger partial charge on any atom is 0.255 e. The molecule has 1 saturated heterocycles. The zero-order chi connectivity index (χ0) is 19.3. The van der Waals surface area contributed by atoms with Crippen molar-refractivity contribution < 1.29 is 14.3 Å². The summed E-state index contributed by atoms with van der Waals surface area (Å²) in [6.45, 7) is 3.54. The van der Waals surface area contributed by atoms with Crippen molar-refractivity contribution >= 4 is 11.8 Å². The monoisotopic (exact) mass is 366 g/mol. The molecule has 142 valence electrons. The van der Waals surface area contributed by atoms with E-state index in [9.17, 15) is 9.59 Å². The smallest absolute Gasteiger partial charge is 0.255 e. The third-order valence-corrected chi connectivity index (χ3v) is 5.49. The lowest BCUT2D eigenvalue weighted by Gasteiger charge is -2.42. The number of amides is 2. The minimum Gasteiger partial charge on any atom is -0.496 e. The minimum absolute atomic E-state index is 0.106. The molecule has 3 rings (SSSR count). The van der Waals surface area contributed by atoms with E-state index >= 15 is 0 Å². The summed E-state index contributed by atoms with van der Waals surface area (Å²) in [5, 5.41) is 3.10. The van der Waals surface area contributed by atoms with Gasteiger partial charge in [-0.25, -0.2) is 0 Å². The quantitative estimate of drug-likeness (QED) is 0.885. The van der Waals surface area contributed by atoms with Crippen molar-refractivity contribution in [3.8, 4) is 5.75 Å². The van der Waals surface area contributed by atoms with Crippen LogP contribution in [-0.2, 0) is 10.2 Å². The number of rotatable bonds is 5. The Bertz CT molecular complexity index is 796. The standard InChI is InChI=1S/C22H26N2O3/c1-17(25)24-14-12-22(13-15-24,18-8-4-3-5-9-18)16-23-21(26)19-10-6-7-11-20(19)27-2/h3-11H,12-16H2,1-2H3,(H,23,26). The molecule has 0 unspecified atom stereocenters. The zero-order valence-corrected chi connectivity index (χ0v) is 15.9. The molecule has 1 heterocycles. The molecular formula is C22H26N2O3. The number of methoxy groups -OCH3 is 1. The molecule has 0 aliphatic carbocycles. The van der Waals surface area contributed by atoms with Crippen LogP contribution in [0.4, 0.5) is 0 Å². The van der Waals surface area contributed by atoms with E-state index in [0.717, 1.165) is 12.8 Å². The number of hydrogen-bond donors (Lipinski definition) is 1. The van der Waals surface area contributed by atoms with Gasteiger partial charge in [-0.1, -0.05) is 42.5 Å². The van der Waals surface area contributed by atoms with E-state index in [-0.39, 0.29) is 17.2 Å². The van der Waals surface area contributed by atoms with Crippen molar-refractivity contribution in [1.29, 1.82) is 0 Å². The molecule has 1 aliphatic rings. The van der Waals surface area contributed by atoms with Crippen LogP contribution in [0.15, 0.2) is 54.6 Å². The highest BCUT2D eigenvalue weighted by atomic mass is 16.5. The molecule has 1 fully saturated rings. The Kier molecular flexibility index (Phi) is 5.79. The van der Waals surface area contributed by atoms with Crippen molar-refractivity contribution in [3.63, 3.8) is 0 Å². The second kappa shape index (κ2) is 8.25. The summed E-state index contributed by atoms with van der Waals surface area (Å²) in [6.07, 6.45) is 1.64. The van der Waals surface area contributed by atoms with Crippen molar-refractivity contribution in [2.24, 2.45) is 0 Å². The van der Waals surface area contributed by atoms with Crippen LogP contribution in [0.3, 0.4) is 0 Å². The van der Waals surface area contributed by atoms with Crippen molar-refractivity contribution in [3.05, 3.63) is 65.7 Å². The van der Waals surface area contributed by atoms with Gasteiger partial charge in [0.05, 0.1) is 12.7 Å². The second-order valence-electron chi connectivity index (χ2n) is 7.04. The molecule has 0 radical (unpaired) electrons. The zero-order valence-electron chi connectivity index (χ0n) is 15.9. The highest BCUT2D eigenvalue weighted by molar-refractivity contribution is 5.97. The fraction of sp³-hybridized carbons (Fsp3) is 0.364. The van der Waals surface area contributed by atoms with Gasteiger partial charge in [0.1, 0.15) is 5.75 Å². The van der Waals surface area contributed by atoms with E-state index < -0.39 is 0 Å². The van der Waals surface area contributed by atoms with E-state index in [1.54, 1.807) is 26.2 Å². The number of benzene rings is 2. The number of nitrogens with zero attached hydrogens (tertiary/aromatic N) is 1. The summed E-state index contributed by atoms with van der Waals surface area (Å²) in [4.78, 5) is 26.3. The third kappa shape index (κ3) is 4.13. The van der Waals surface area contributed by atoms with Gasteiger partial charge in [0.15, 0.2) is 0 Å². The predicted molar refractivity (Wildman–Crippen MR) is 105 cm³/mol. The van der Waals surface area contributed by atoms with E-state index in [2.05, 4.69) is 17.4 Å². The Morgan fingerprint density at radius 3 is 2.30 bits per heavy atom. The van der Waals surface area contributed by atoms with Crippen molar-refractivity contribution in [2.45, 2.75) is 25.2 Å². The summed E-state index contributed by atoms with van der Waals surface area (Å²) in [5.41, 5.74) is 1.56. The highest BCUT2D eigenvalue weighted by Gasteiger charge is 2.37. The molecule has 0 aromatic heterocycles. The number of hydrogen-bond acceptors (Lipinski definition) is 3. The van der Waals surface area contributed by atoms with Crippen molar-refractivity contribution in [2.75, 3.05) is 26.7 Å². The first-order valence-electron chi connectivity index (χ1n) is 9.28. The number of ether oxygens (including phenoxy) is 1. The van der Waals surface area contributed by atoms with E-state index in [0.29, 0.717) is 30.9 Å². The Morgan fingerprint density at radius 2 is 1.67 bits per heavy atom. The fourth-order valence-corrected chi connectivity index (χ4v) is 3.79. The fourth-order valence-electron chi connectivity index (χ4n) is 3.79. The lowest BCUT2D eigenvalue weighted by Crippen LogP contribution is -2.50. The number of para-hydroxylation sites is 1. The lowest BCUT2D eigenvalue weighted by atomic mass is 9.72. The molecule has 2 aromatic carbocycles. The van der Waals surface area contributed by atoms with Gasteiger partial charge in [0.2, 0.25) is 5.91 Å². The van der Waals surface area contributed by atoms with Gasteiger partial charge in [-0.15, -0.1) is 0 Å². The molecule has 0 bridgehead atoms. The van der Waals surface area contributed by atoms with Gasteiger partial charge >= 0.3 is 0 Å². The van der Waals surface area contributed by atoms with Crippen LogP contribution in [-0.4, -0.2) is 43.5 Å². The molecule has 27 heavy (non-hydrogen) atoms. The Labute approximate surface area is 160 Å².